The number of likely N-dealkylation sites (tertiary alicyclic amines) is 1. The number of benzene rings is 1. The Morgan fingerprint density at radius 1 is 1.17 bits per heavy atom. The summed E-state index contributed by atoms with van der Waals surface area (Å²) in [6.45, 7) is 2.09. The molecule has 1 fully saturated rings. The van der Waals surface area contributed by atoms with Crippen LogP contribution in [-0.4, -0.2) is 63.7 Å². The van der Waals surface area contributed by atoms with E-state index in [1.54, 1.807) is 10.8 Å². The molecule has 3 rings (SSSR count). The van der Waals surface area contributed by atoms with Gasteiger partial charge in [-0.1, -0.05) is 34.6 Å². The normalized spacial score (nSPS) is 18.8. The molecule has 0 aliphatic carbocycles. The van der Waals surface area contributed by atoms with Crippen LogP contribution in [0.5, 0.6) is 0 Å². The lowest BCUT2D eigenvalue weighted by atomic mass is 10.0. The molecule has 1 aromatic carbocycles. The standard InChI is InChI=1S/C19H21N3O6S2/c1-2-9-29-30-10-8-28-19(27)22-14(23)7-6-13(17(22)25)21-16(24)11-4-3-5-12(20)15(11)18(21)26/h3-5,13H,2,6-10,20H2,1H3. The van der Waals surface area contributed by atoms with Gasteiger partial charge in [0.1, 0.15) is 12.6 Å². The number of carbonyl (C=O) groups excluding carboxylic acids is 5. The van der Waals surface area contributed by atoms with Gasteiger partial charge in [0.25, 0.3) is 17.7 Å². The first-order chi connectivity index (χ1) is 14.4. The molecule has 30 heavy (non-hydrogen) atoms. The van der Waals surface area contributed by atoms with Gasteiger partial charge in [0.05, 0.1) is 11.1 Å². The van der Waals surface area contributed by atoms with E-state index in [4.69, 9.17) is 10.5 Å². The van der Waals surface area contributed by atoms with Crippen LogP contribution in [0.3, 0.4) is 0 Å². The van der Waals surface area contributed by atoms with E-state index in [1.807, 2.05) is 0 Å². The van der Waals surface area contributed by atoms with Gasteiger partial charge in [-0.2, -0.15) is 4.90 Å². The lowest BCUT2D eigenvalue weighted by Gasteiger charge is -2.32. The zero-order chi connectivity index (χ0) is 21.8. The van der Waals surface area contributed by atoms with Gasteiger partial charge >= 0.3 is 6.09 Å². The summed E-state index contributed by atoms with van der Waals surface area (Å²) in [7, 11) is 3.17. The number of carbonyl (C=O) groups is 5. The molecule has 1 atom stereocenters. The van der Waals surface area contributed by atoms with Crippen molar-refractivity contribution in [2.75, 3.05) is 23.8 Å². The molecule has 2 aliphatic rings. The highest BCUT2D eigenvalue weighted by Crippen LogP contribution is 2.32. The third-order valence-corrected chi connectivity index (χ3v) is 7.20. The maximum atomic E-state index is 12.9. The van der Waals surface area contributed by atoms with E-state index in [0.29, 0.717) is 10.7 Å². The minimum atomic E-state index is -1.27. The van der Waals surface area contributed by atoms with E-state index >= 15 is 0 Å². The van der Waals surface area contributed by atoms with Crippen molar-refractivity contribution in [1.29, 1.82) is 0 Å². The molecule has 0 saturated carbocycles. The fourth-order valence-corrected chi connectivity index (χ4v) is 5.21. The van der Waals surface area contributed by atoms with Gasteiger partial charge in [-0.15, -0.1) is 0 Å². The SMILES string of the molecule is CCCSSCCOC(=O)N1C(=O)CCC(N2C(=O)c3cccc(N)c3C2=O)C1=O. The van der Waals surface area contributed by atoms with Crippen LogP contribution in [0.2, 0.25) is 0 Å². The van der Waals surface area contributed by atoms with E-state index in [9.17, 15) is 24.0 Å². The average Bonchev–Trinajstić information content (AvgIpc) is 2.96. The molecule has 0 spiro atoms. The predicted molar refractivity (Wildman–Crippen MR) is 113 cm³/mol. The van der Waals surface area contributed by atoms with E-state index in [0.717, 1.165) is 17.1 Å². The number of hydrogen-bond acceptors (Lipinski definition) is 9. The molecule has 11 heteroatoms. The van der Waals surface area contributed by atoms with Gasteiger partial charge in [0.15, 0.2) is 0 Å². The maximum Gasteiger partial charge on any atom is 0.423 e. The smallest absolute Gasteiger partial charge is 0.423 e. The lowest BCUT2D eigenvalue weighted by molar-refractivity contribution is -0.148. The van der Waals surface area contributed by atoms with Crippen molar-refractivity contribution in [3.05, 3.63) is 29.3 Å². The third-order valence-electron chi connectivity index (χ3n) is 4.62. The summed E-state index contributed by atoms with van der Waals surface area (Å²) >= 11 is 0. The second-order valence-corrected chi connectivity index (χ2v) is 9.33. The quantitative estimate of drug-likeness (QED) is 0.287. The van der Waals surface area contributed by atoms with E-state index in [2.05, 4.69) is 6.92 Å². The number of imide groups is 4. The van der Waals surface area contributed by atoms with Crippen LogP contribution in [0.15, 0.2) is 18.2 Å². The molecular weight excluding hydrogens is 430 g/mol. The Hall–Kier alpha value is -2.53. The van der Waals surface area contributed by atoms with Gasteiger partial charge in [0.2, 0.25) is 5.91 Å². The van der Waals surface area contributed by atoms with Crippen LogP contribution >= 0.6 is 21.6 Å². The second kappa shape index (κ2) is 9.52. The van der Waals surface area contributed by atoms with Crippen LogP contribution in [0, 0.1) is 0 Å². The highest BCUT2D eigenvalue weighted by molar-refractivity contribution is 8.76. The van der Waals surface area contributed by atoms with Crippen LogP contribution in [0.1, 0.15) is 46.9 Å². The number of fused-ring (bicyclic) bond motifs is 1. The summed E-state index contributed by atoms with van der Waals surface area (Å²) in [6.07, 6.45) is -0.294. The lowest BCUT2D eigenvalue weighted by Crippen LogP contribution is -2.57. The Balaban J connectivity index is 1.70. The second-order valence-electron chi connectivity index (χ2n) is 6.63. The fraction of sp³-hybridized carbons (Fsp3) is 0.421. The highest BCUT2D eigenvalue weighted by atomic mass is 33.1. The van der Waals surface area contributed by atoms with E-state index < -0.39 is 35.8 Å². The Morgan fingerprint density at radius 2 is 1.90 bits per heavy atom. The number of hydrogen-bond donors (Lipinski definition) is 1. The Kier molecular flexibility index (Phi) is 7.03. The van der Waals surface area contributed by atoms with Crippen molar-refractivity contribution < 1.29 is 28.7 Å². The molecular formula is C19H21N3O6S2. The molecule has 2 aliphatic heterocycles. The minimum absolute atomic E-state index is 0.0305. The molecule has 1 aromatic rings. The number of anilines is 1. The summed E-state index contributed by atoms with van der Waals surface area (Å²) in [5.74, 6) is -1.57. The predicted octanol–water partition coefficient (Wildman–Crippen LogP) is 2.31. The number of nitrogens with two attached hydrogens (primary N) is 1. The molecule has 0 radical (unpaired) electrons. The number of piperidine rings is 1. The number of rotatable bonds is 7. The average molecular weight is 452 g/mol. The molecule has 2 heterocycles. The summed E-state index contributed by atoms with van der Waals surface area (Å²) in [5.41, 5.74) is 6.08. The molecule has 0 aromatic heterocycles. The molecule has 2 N–H and O–H groups in total. The topological polar surface area (TPSA) is 127 Å². The van der Waals surface area contributed by atoms with Crippen LogP contribution in [-0.2, 0) is 14.3 Å². The number of nitrogen functional groups attached to an aromatic ring is 1. The Morgan fingerprint density at radius 3 is 2.60 bits per heavy atom. The molecule has 160 valence electrons. The summed E-state index contributed by atoms with van der Waals surface area (Å²) in [6, 6.07) is 3.21. The molecule has 1 saturated heterocycles. The first kappa shape index (κ1) is 22.2. The summed E-state index contributed by atoms with van der Waals surface area (Å²) in [4.78, 5) is 64.1. The molecule has 1 unspecified atom stereocenters. The summed E-state index contributed by atoms with van der Waals surface area (Å²) in [5, 5.41) is 0. The van der Waals surface area contributed by atoms with Gasteiger partial charge < -0.3 is 10.5 Å². The molecule has 0 bridgehead atoms. The van der Waals surface area contributed by atoms with Gasteiger partial charge in [-0.05, 0) is 25.0 Å². The van der Waals surface area contributed by atoms with E-state index in [1.165, 1.54) is 29.0 Å². The summed E-state index contributed by atoms with van der Waals surface area (Å²) < 4.78 is 5.05. The first-order valence-electron chi connectivity index (χ1n) is 9.42. The van der Waals surface area contributed by atoms with Crippen molar-refractivity contribution >= 4 is 57.0 Å². The van der Waals surface area contributed by atoms with Crippen molar-refractivity contribution in [2.45, 2.75) is 32.2 Å². The van der Waals surface area contributed by atoms with Crippen LogP contribution in [0.4, 0.5) is 10.5 Å². The maximum absolute atomic E-state index is 12.9. The van der Waals surface area contributed by atoms with Gasteiger partial charge in [0, 0.05) is 23.6 Å². The van der Waals surface area contributed by atoms with Crippen molar-refractivity contribution in [2.24, 2.45) is 0 Å². The molecule has 5 amide bonds. The Labute approximate surface area is 181 Å². The highest BCUT2D eigenvalue weighted by Gasteiger charge is 2.49. The van der Waals surface area contributed by atoms with Crippen molar-refractivity contribution in [3.8, 4) is 0 Å². The van der Waals surface area contributed by atoms with Crippen molar-refractivity contribution in [3.63, 3.8) is 0 Å². The zero-order valence-corrected chi connectivity index (χ0v) is 17.9. The minimum Gasteiger partial charge on any atom is -0.448 e. The largest absolute Gasteiger partial charge is 0.448 e. The number of nitrogens with zero attached hydrogens (tertiary/aromatic N) is 2. The van der Waals surface area contributed by atoms with Gasteiger partial charge in [-0.3, -0.25) is 24.1 Å². The zero-order valence-electron chi connectivity index (χ0n) is 16.3. The van der Waals surface area contributed by atoms with Crippen LogP contribution < -0.4 is 5.73 Å². The fourth-order valence-electron chi connectivity index (χ4n) is 3.24. The third kappa shape index (κ3) is 4.17. The number of amides is 5. The molecule has 9 nitrogen and oxygen atoms in total. The van der Waals surface area contributed by atoms with Crippen LogP contribution in [0.25, 0.3) is 0 Å². The Bertz CT molecular complexity index is 906. The van der Waals surface area contributed by atoms with E-state index in [-0.39, 0.29) is 36.3 Å². The monoisotopic (exact) mass is 451 g/mol. The first-order valence-corrected chi connectivity index (χ1v) is 11.9. The van der Waals surface area contributed by atoms with Crippen molar-refractivity contribution in [1.82, 2.24) is 9.80 Å². The number of ether oxygens (including phenoxy) is 1. The van der Waals surface area contributed by atoms with Gasteiger partial charge in [-0.25, -0.2) is 4.79 Å².